The van der Waals surface area contributed by atoms with Crippen LogP contribution in [0.15, 0.2) is 24.3 Å². The van der Waals surface area contributed by atoms with E-state index in [1.807, 2.05) is 33.8 Å². The van der Waals surface area contributed by atoms with E-state index in [4.69, 9.17) is 17.3 Å². The number of hydrogen-bond acceptors (Lipinski definition) is 1. The van der Waals surface area contributed by atoms with Gasteiger partial charge in [0.25, 0.3) is 0 Å². The Kier molecular flexibility index (Phi) is 11.9. The molecule has 0 saturated carbocycles. The van der Waals surface area contributed by atoms with Gasteiger partial charge in [-0.15, -0.1) is 0 Å². The molecule has 1 aromatic carbocycles. The molecular weight excluding hydrogens is 170 g/mol. The molecule has 0 amide bonds. The average Bonchev–Trinajstić information content (AvgIpc) is 2.11. The van der Waals surface area contributed by atoms with Gasteiger partial charge in [0.2, 0.25) is 0 Å². The van der Waals surface area contributed by atoms with E-state index in [-0.39, 0.29) is 0 Å². The minimum atomic E-state index is 0.685. The van der Waals surface area contributed by atoms with Crippen molar-refractivity contribution in [2.75, 3.05) is 5.73 Å². The van der Waals surface area contributed by atoms with E-state index in [0.717, 1.165) is 0 Å². The highest BCUT2D eigenvalue weighted by molar-refractivity contribution is 6.30. The van der Waals surface area contributed by atoms with Crippen molar-refractivity contribution >= 4 is 17.3 Å². The summed E-state index contributed by atoms with van der Waals surface area (Å²) in [4.78, 5) is 0. The fourth-order valence-corrected chi connectivity index (χ4v) is 0.705. The number of hydrogen-bond donors (Lipinski definition) is 1. The minimum Gasteiger partial charge on any atom is -0.399 e. The van der Waals surface area contributed by atoms with Crippen LogP contribution in [0.4, 0.5) is 5.69 Å². The summed E-state index contributed by atoms with van der Waals surface area (Å²) in [7, 11) is 0. The molecule has 0 unspecified atom stereocenters. The largest absolute Gasteiger partial charge is 0.399 e. The van der Waals surface area contributed by atoms with Crippen LogP contribution in [0.2, 0.25) is 5.02 Å². The lowest BCUT2D eigenvalue weighted by atomic mass is 10.3. The topological polar surface area (TPSA) is 26.0 Å². The van der Waals surface area contributed by atoms with Crippen molar-refractivity contribution in [3.8, 4) is 0 Å². The molecule has 0 aliphatic carbocycles. The Labute approximate surface area is 80.5 Å². The summed E-state index contributed by atoms with van der Waals surface area (Å²) < 4.78 is 0. The van der Waals surface area contributed by atoms with Crippen LogP contribution in [0.25, 0.3) is 0 Å². The van der Waals surface area contributed by atoms with Crippen LogP contribution in [0.1, 0.15) is 27.7 Å². The quantitative estimate of drug-likeness (QED) is 0.611. The smallest absolute Gasteiger partial charge is 0.0426 e. The molecule has 0 aliphatic heterocycles. The van der Waals surface area contributed by atoms with Crippen molar-refractivity contribution in [3.63, 3.8) is 0 Å². The molecule has 0 fully saturated rings. The van der Waals surface area contributed by atoms with Gasteiger partial charge in [-0.2, -0.15) is 0 Å². The third-order valence-electron chi connectivity index (χ3n) is 0.849. The molecule has 1 aromatic rings. The Morgan fingerprint density at radius 1 is 1.08 bits per heavy atom. The fourth-order valence-electron chi connectivity index (χ4n) is 0.507. The Morgan fingerprint density at radius 3 is 1.83 bits per heavy atom. The average molecular weight is 188 g/mol. The number of nitrogens with two attached hydrogens (primary N) is 1. The number of nitrogen functional groups attached to an aromatic ring is 1. The van der Waals surface area contributed by atoms with Crippen LogP contribution >= 0.6 is 11.6 Å². The van der Waals surface area contributed by atoms with Gasteiger partial charge in [-0.1, -0.05) is 45.4 Å². The zero-order valence-corrected chi connectivity index (χ0v) is 9.02. The van der Waals surface area contributed by atoms with E-state index >= 15 is 0 Å². The summed E-state index contributed by atoms with van der Waals surface area (Å²) in [6, 6.07) is 7.11. The normalized spacial score (nSPS) is 7.08. The molecule has 0 atom stereocenters. The first-order valence-corrected chi connectivity index (χ1v) is 4.68. The molecule has 0 saturated heterocycles. The molecular formula is C10H18ClN. The summed E-state index contributed by atoms with van der Waals surface area (Å²) in [5.41, 5.74) is 6.08. The molecule has 70 valence electrons. The standard InChI is InChI=1S/C6H6ClN.2C2H6/c7-5-2-1-3-6(8)4-5;2*1-2/h1-4H,8H2;2*1-2H3. The number of halogens is 1. The van der Waals surface area contributed by atoms with Gasteiger partial charge in [0, 0.05) is 10.7 Å². The first-order chi connectivity index (χ1) is 5.79. The van der Waals surface area contributed by atoms with Gasteiger partial charge in [0.15, 0.2) is 0 Å². The summed E-state index contributed by atoms with van der Waals surface area (Å²) in [5.74, 6) is 0. The highest BCUT2D eigenvalue weighted by atomic mass is 35.5. The molecule has 0 bridgehead atoms. The van der Waals surface area contributed by atoms with Gasteiger partial charge in [-0.3, -0.25) is 0 Å². The lowest BCUT2D eigenvalue weighted by Gasteiger charge is -1.89. The van der Waals surface area contributed by atoms with E-state index in [2.05, 4.69) is 0 Å². The molecule has 2 heteroatoms. The third kappa shape index (κ3) is 7.42. The zero-order valence-electron chi connectivity index (χ0n) is 8.26. The van der Waals surface area contributed by atoms with E-state index in [0.29, 0.717) is 10.7 Å². The SMILES string of the molecule is CC.CC.Nc1cccc(Cl)c1. The van der Waals surface area contributed by atoms with Crippen LogP contribution in [0, 0.1) is 0 Å². The van der Waals surface area contributed by atoms with Crippen LogP contribution in [0.5, 0.6) is 0 Å². The first kappa shape index (κ1) is 13.9. The Balaban J connectivity index is 0. The van der Waals surface area contributed by atoms with Crippen LogP contribution in [-0.4, -0.2) is 0 Å². The lowest BCUT2D eigenvalue weighted by Crippen LogP contribution is -1.80. The highest BCUT2D eigenvalue weighted by Gasteiger charge is 1.83. The molecule has 0 aliphatic rings. The Bertz CT molecular complexity index is 170. The van der Waals surface area contributed by atoms with Crippen LogP contribution in [0.3, 0.4) is 0 Å². The van der Waals surface area contributed by atoms with Crippen molar-refractivity contribution in [3.05, 3.63) is 29.3 Å². The summed E-state index contributed by atoms with van der Waals surface area (Å²) >= 11 is 5.56. The van der Waals surface area contributed by atoms with Crippen molar-refractivity contribution in [1.82, 2.24) is 0 Å². The van der Waals surface area contributed by atoms with Crippen molar-refractivity contribution in [2.24, 2.45) is 0 Å². The predicted molar refractivity (Wildman–Crippen MR) is 58.6 cm³/mol. The van der Waals surface area contributed by atoms with Gasteiger partial charge in [0.05, 0.1) is 0 Å². The Hall–Kier alpha value is -0.690. The molecule has 1 nitrogen and oxygen atoms in total. The van der Waals surface area contributed by atoms with Crippen LogP contribution < -0.4 is 5.73 Å². The summed E-state index contributed by atoms with van der Waals surface area (Å²) in [6.45, 7) is 8.00. The van der Waals surface area contributed by atoms with Gasteiger partial charge in [-0.05, 0) is 18.2 Å². The third-order valence-corrected chi connectivity index (χ3v) is 1.08. The van der Waals surface area contributed by atoms with Gasteiger partial charge in [-0.25, -0.2) is 0 Å². The second-order valence-electron chi connectivity index (χ2n) is 1.56. The maximum absolute atomic E-state index is 5.56. The van der Waals surface area contributed by atoms with Gasteiger partial charge < -0.3 is 5.73 Å². The molecule has 2 N–H and O–H groups in total. The highest BCUT2D eigenvalue weighted by Crippen LogP contribution is 2.10. The van der Waals surface area contributed by atoms with E-state index in [9.17, 15) is 0 Å². The second-order valence-corrected chi connectivity index (χ2v) is 1.99. The lowest BCUT2D eigenvalue weighted by molar-refractivity contribution is 1.50. The molecule has 1 rings (SSSR count). The summed E-state index contributed by atoms with van der Waals surface area (Å²) in [5, 5.41) is 0.685. The zero-order chi connectivity index (χ0) is 9.98. The van der Waals surface area contributed by atoms with E-state index in [1.54, 1.807) is 18.2 Å². The van der Waals surface area contributed by atoms with Crippen molar-refractivity contribution < 1.29 is 0 Å². The van der Waals surface area contributed by atoms with Gasteiger partial charge >= 0.3 is 0 Å². The van der Waals surface area contributed by atoms with E-state index in [1.165, 1.54) is 0 Å². The molecule has 12 heavy (non-hydrogen) atoms. The molecule has 0 radical (unpaired) electrons. The molecule has 0 heterocycles. The number of rotatable bonds is 0. The van der Waals surface area contributed by atoms with E-state index < -0.39 is 0 Å². The number of benzene rings is 1. The maximum atomic E-state index is 5.56. The van der Waals surface area contributed by atoms with Gasteiger partial charge in [0.1, 0.15) is 0 Å². The maximum Gasteiger partial charge on any atom is 0.0426 e. The second kappa shape index (κ2) is 10.3. The minimum absolute atomic E-state index is 0.685. The summed E-state index contributed by atoms with van der Waals surface area (Å²) in [6.07, 6.45) is 0. The molecule has 0 aromatic heterocycles. The molecule has 0 spiro atoms. The first-order valence-electron chi connectivity index (χ1n) is 4.30. The van der Waals surface area contributed by atoms with Crippen molar-refractivity contribution in [2.45, 2.75) is 27.7 Å². The Morgan fingerprint density at radius 2 is 1.58 bits per heavy atom. The predicted octanol–water partition coefficient (Wildman–Crippen LogP) is 3.97. The van der Waals surface area contributed by atoms with Crippen LogP contribution in [-0.2, 0) is 0 Å². The monoisotopic (exact) mass is 187 g/mol. The number of anilines is 1. The van der Waals surface area contributed by atoms with Crippen molar-refractivity contribution in [1.29, 1.82) is 0 Å². The fraction of sp³-hybridized carbons (Fsp3) is 0.400.